The number of thioether (sulfide) groups is 1. The highest BCUT2D eigenvalue weighted by atomic mass is 79.9. The molecule has 0 aromatic carbocycles. The van der Waals surface area contributed by atoms with Gasteiger partial charge in [0, 0.05) is 12.5 Å². The molecule has 1 aliphatic heterocycles. The largest absolute Gasteiger partial charge is 0.386 e. The molecule has 1 aromatic heterocycles. The summed E-state index contributed by atoms with van der Waals surface area (Å²) in [5.74, 6) is 2.61. The Morgan fingerprint density at radius 1 is 1.80 bits per heavy atom. The summed E-state index contributed by atoms with van der Waals surface area (Å²) in [5, 5.41) is 14.5. The summed E-state index contributed by atoms with van der Waals surface area (Å²) in [4.78, 5) is 0. The highest BCUT2D eigenvalue weighted by Crippen LogP contribution is 2.36. The van der Waals surface area contributed by atoms with Crippen molar-refractivity contribution < 1.29 is 5.11 Å². The van der Waals surface area contributed by atoms with Crippen molar-refractivity contribution in [2.45, 2.75) is 26.0 Å². The van der Waals surface area contributed by atoms with Gasteiger partial charge in [0.25, 0.3) is 0 Å². The number of hydrogen-bond donors (Lipinski definition) is 1. The lowest BCUT2D eigenvalue weighted by Gasteiger charge is -2.18. The van der Waals surface area contributed by atoms with E-state index in [0.29, 0.717) is 5.92 Å². The monoisotopic (exact) mass is 290 g/mol. The van der Waals surface area contributed by atoms with E-state index in [4.69, 9.17) is 0 Å². The minimum atomic E-state index is -0.378. The fourth-order valence-electron chi connectivity index (χ4n) is 1.94. The predicted molar refractivity (Wildman–Crippen MR) is 66.0 cm³/mol. The summed E-state index contributed by atoms with van der Waals surface area (Å²) in [6.45, 7) is 2.84. The lowest BCUT2D eigenvalue weighted by Crippen LogP contribution is -2.17. The first-order chi connectivity index (χ1) is 7.24. The molecule has 1 saturated heterocycles. The highest BCUT2D eigenvalue weighted by Gasteiger charge is 2.28. The van der Waals surface area contributed by atoms with Gasteiger partial charge in [-0.3, -0.25) is 4.68 Å². The van der Waals surface area contributed by atoms with Crippen LogP contribution in [-0.4, -0.2) is 26.4 Å². The molecule has 2 unspecified atom stereocenters. The van der Waals surface area contributed by atoms with Crippen LogP contribution < -0.4 is 0 Å². The van der Waals surface area contributed by atoms with Crippen molar-refractivity contribution in [3.8, 4) is 0 Å². The van der Waals surface area contributed by atoms with E-state index >= 15 is 0 Å². The van der Waals surface area contributed by atoms with Gasteiger partial charge in [0.1, 0.15) is 6.10 Å². The second kappa shape index (κ2) is 4.89. The van der Waals surface area contributed by atoms with Crippen molar-refractivity contribution in [3.05, 3.63) is 16.4 Å². The van der Waals surface area contributed by atoms with Crippen LogP contribution in [0.1, 0.15) is 25.1 Å². The zero-order chi connectivity index (χ0) is 10.8. The minimum absolute atomic E-state index is 0.378. The number of aliphatic hydroxyl groups excluding tert-OH is 1. The maximum atomic E-state index is 10.3. The Labute approximate surface area is 102 Å². The van der Waals surface area contributed by atoms with E-state index in [1.807, 2.05) is 23.4 Å². The minimum Gasteiger partial charge on any atom is -0.386 e. The van der Waals surface area contributed by atoms with Crippen LogP contribution in [0.15, 0.2) is 10.7 Å². The number of nitrogens with zero attached hydrogens (tertiary/aromatic N) is 2. The van der Waals surface area contributed by atoms with E-state index in [1.54, 1.807) is 6.20 Å². The van der Waals surface area contributed by atoms with Gasteiger partial charge in [-0.1, -0.05) is 0 Å². The molecular weight excluding hydrogens is 276 g/mol. The number of aryl methyl sites for hydroxylation is 1. The molecule has 2 atom stereocenters. The van der Waals surface area contributed by atoms with Gasteiger partial charge in [0.05, 0.1) is 16.4 Å². The van der Waals surface area contributed by atoms with Crippen LogP contribution in [0.2, 0.25) is 0 Å². The quantitative estimate of drug-likeness (QED) is 0.929. The average Bonchev–Trinajstić information content (AvgIpc) is 2.85. The average molecular weight is 291 g/mol. The summed E-state index contributed by atoms with van der Waals surface area (Å²) >= 11 is 5.38. The highest BCUT2D eigenvalue weighted by molar-refractivity contribution is 9.10. The van der Waals surface area contributed by atoms with E-state index in [0.717, 1.165) is 28.9 Å². The van der Waals surface area contributed by atoms with Crippen LogP contribution >= 0.6 is 27.7 Å². The molecule has 3 nitrogen and oxygen atoms in total. The molecule has 5 heteroatoms. The van der Waals surface area contributed by atoms with Gasteiger partial charge >= 0.3 is 0 Å². The van der Waals surface area contributed by atoms with E-state index in [-0.39, 0.29) is 6.10 Å². The van der Waals surface area contributed by atoms with Gasteiger partial charge in [-0.05, 0) is 40.8 Å². The zero-order valence-electron chi connectivity index (χ0n) is 8.69. The summed E-state index contributed by atoms with van der Waals surface area (Å²) in [5.41, 5.74) is 0.935. The van der Waals surface area contributed by atoms with Crippen LogP contribution in [0.25, 0.3) is 0 Å². The molecule has 0 saturated carbocycles. The third kappa shape index (κ3) is 2.24. The maximum Gasteiger partial charge on any atom is 0.100 e. The molecular formula is C10H15BrN2OS. The molecule has 2 rings (SSSR count). The molecule has 0 radical (unpaired) electrons. The molecule has 0 aliphatic carbocycles. The van der Waals surface area contributed by atoms with Crippen LogP contribution in [-0.2, 0) is 6.54 Å². The van der Waals surface area contributed by atoms with Gasteiger partial charge in [-0.15, -0.1) is 0 Å². The lowest BCUT2D eigenvalue weighted by atomic mass is 9.99. The third-order valence-electron chi connectivity index (χ3n) is 2.82. The molecule has 1 aliphatic rings. The van der Waals surface area contributed by atoms with Crippen molar-refractivity contribution in [2.24, 2.45) is 5.92 Å². The predicted octanol–water partition coefficient (Wildman–Crippen LogP) is 2.45. The van der Waals surface area contributed by atoms with Crippen LogP contribution in [0.4, 0.5) is 0 Å². The van der Waals surface area contributed by atoms with Gasteiger partial charge in [-0.25, -0.2) is 0 Å². The standard InChI is InChI=1S/C10H15BrN2OS/c1-2-13-9(8(11)5-12-13)10(14)7-3-4-15-6-7/h5,7,10,14H,2-4,6H2,1H3. The fourth-order valence-corrected chi connectivity index (χ4v) is 3.76. The van der Waals surface area contributed by atoms with Gasteiger partial charge in [0.2, 0.25) is 0 Å². The van der Waals surface area contributed by atoms with Crippen LogP contribution in [0.5, 0.6) is 0 Å². The Bertz CT molecular complexity index is 336. The number of hydrogen-bond acceptors (Lipinski definition) is 3. The van der Waals surface area contributed by atoms with Crippen LogP contribution in [0, 0.1) is 5.92 Å². The summed E-state index contributed by atoms with van der Waals surface area (Å²) in [6.07, 6.45) is 2.49. The SMILES string of the molecule is CCn1ncc(Br)c1C(O)C1CCSC1. The summed E-state index contributed by atoms with van der Waals surface area (Å²) < 4.78 is 2.80. The zero-order valence-corrected chi connectivity index (χ0v) is 11.1. The Morgan fingerprint density at radius 3 is 3.20 bits per heavy atom. The molecule has 2 heterocycles. The Kier molecular flexibility index (Phi) is 3.74. The van der Waals surface area contributed by atoms with Crippen molar-refractivity contribution in [2.75, 3.05) is 11.5 Å². The molecule has 0 bridgehead atoms. The van der Waals surface area contributed by atoms with Gasteiger partial charge in [0.15, 0.2) is 0 Å². The molecule has 15 heavy (non-hydrogen) atoms. The van der Waals surface area contributed by atoms with Crippen molar-refractivity contribution >= 4 is 27.7 Å². The molecule has 0 spiro atoms. The number of halogens is 1. The van der Waals surface area contributed by atoms with E-state index < -0.39 is 0 Å². The van der Waals surface area contributed by atoms with Crippen LogP contribution in [0.3, 0.4) is 0 Å². The first-order valence-electron chi connectivity index (χ1n) is 5.21. The van der Waals surface area contributed by atoms with E-state index in [2.05, 4.69) is 21.0 Å². The number of aliphatic hydroxyl groups is 1. The Morgan fingerprint density at radius 2 is 2.60 bits per heavy atom. The smallest absolute Gasteiger partial charge is 0.100 e. The normalized spacial score (nSPS) is 23.3. The van der Waals surface area contributed by atoms with Crippen molar-refractivity contribution in [1.29, 1.82) is 0 Å². The molecule has 1 aromatic rings. The van der Waals surface area contributed by atoms with Gasteiger partial charge in [-0.2, -0.15) is 16.9 Å². The Balaban J connectivity index is 2.22. The lowest BCUT2D eigenvalue weighted by molar-refractivity contribution is 0.111. The second-order valence-corrected chi connectivity index (χ2v) is 5.77. The Hall–Kier alpha value is -0.0000000000000000555. The molecule has 1 N–H and O–H groups in total. The molecule has 1 fully saturated rings. The van der Waals surface area contributed by atoms with E-state index in [9.17, 15) is 5.11 Å². The topological polar surface area (TPSA) is 38.0 Å². The molecule has 84 valence electrons. The van der Waals surface area contributed by atoms with Crippen molar-refractivity contribution in [1.82, 2.24) is 9.78 Å². The fraction of sp³-hybridized carbons (Fsp3) is 0.700. The number of rotatable bonds is 3. The van der Waals surface area contributed by atoms with Crippen molar-refractivity contribution in [3.63, 3.8) is 0 Å². The van der Waals surface area contributed by atoms with Gasteiger partial charge < -0.3 is 5.11 Å². The second-order valence-electron chi connectivity index (χ2n) is 3.76. The van der Waals surface area contributed by atoms with E-state index in [1.165, 1.54) is 5.75 Å². The maximum absolute atomic E-state index is 10.3. The first kappa shape index (κ1) is 11.5. The third-order valence-corrected chi connectivity index (χ3v) is 4.62. The summed E-state index contributed by atoms with van der Waals surface area (Å²) in [7, 11) is 0. The molecule has 0 amide bonds. The summed E-state index contributed by atoms with van der Waals surface area (Å²) in [6, 6.07) is 0. The number of aromatic nitrogens is 2. The first-order valence-corrected chi connectivity index (χ1v) is 7.15.